The fourth-order valence-electron chi connectivity index (χ4n) is 0.123. The van der Waals surface area contributed by atoms with Crippen LogP contribution in [-0.2, 0) is 25.2 Å². The largest absolute Gasteiger partial charge is 0.481 e. The van der Waals surface area contributed by atoms with E-state index in [0.717, 1.165) is 0 Å². The molecular formula is C3H7NO2Pd. The summed E-state index contributed by atoms with van der Waals surface area (Å²) in [4.78, 5) is 9.52. The number of rotatable bonds is 2. The van der Waals surface area contributed by atoms with E-state index in [-0.39, 0.29) is 33.4 Å². The van der Waals surface area contributed by atoms with Crippen molar-refractivity contribution in [1.29, 1.82) is 0 Å². The Balaban J connectivity index is 0. The van der Waals surface area contributed by atoms with E-state index in [4.69, 9.17) is 10.8 Å². The number of aliphatic carboxylic acids is 1. The molecule has 0 aromatic rings. The van der Waals surface area contributed by atoms with Crippen LogP contribution in [0.15, 0.2) is 0 Å². The Morgan fingerprint density at radius 1 is 1.71 bits per heavy atom. The molecule has 0 unspecified atom stereocenters. The van der Waals surface area contributed by atoms with E-state index >= 15 is 0 Å². The van der Waals surface area contributed by atoms with Crippen molar-refractivity contribution in [2.75, 3.05) is 6.54 Å². The van der Waals surface area contributed by atoms with Crippen molar-refractivity contribution in [3.8, 4) is 0 Å². The summed E-state index contributed by atoms with van der Waals surface area (Å²) in [6.07, 6.45) is 0.0694. The molecule has 0 fully saturated rings. The molecule has 0 spiro atoms. The number of hydrogen-bond donors (Lipinski definition) is 2. The van der Waals surface area contributed by atoms with Crippen LogP contribution in [-0.4, -0.2) is 17.6 Å². The Kier molecular flexibility index (Phi) is 8.84. The second-order valence-corrected chi connectivity index (χ2v) is 0.932. The van der Waals surface area contributed by atoms with Gasteiger partial charge in [0.05, 0.1) is 6.42 Å². The van der Waals surface area contributed by atoms with E-state index < -0.39 is 5.97 Å². The van der Waals surface area contributed by atoms with Crippen LogP contribution in [0.25, 0.3) is 0 Å². The maximum absolute atomic E-state index is 9.52. The summed E-state index contributed by atoms with van der Waals surface area (Å²) in [7, 11) is 0. The van der Waals surface area contributed by atoms with Crippen molar-refractivity contribution < 1.29 is 30.3 Å². The quantitative estimate of drug-likeness (QED) is 0.580. The molecule has 0 aliphatic heterocycles. The summed E-state index contributed by atoms with van der Waals surface area (Å²) >= 11 is 0. The van der Waals surface area contributed by atoms with Gasteiger partial charge in [0, 0.05) is 27.0 Å². The first-order chi connectivity index (χ1) is 2.77. The first kappa shape index (κ1) is 10.2. The summed E-state index contributed by atoms with van der Waals surface area (Å²) in [5.74, 6) is -0.836. The average Bonchev–Trinajstić information content (AvgIpc) is 1.35. The Labute approximate surface area is 55.5 Å². The van der Waals surface area contributed by atoms with Crippen LogP contribution in [0.1, 0.15) is 6.42 Å². The molecule has 7 heavy (non-hydrogen) atoms. The van der Waals surface area contributed by atoms with Crippen LogP contribution in [0.5, 0.6) is 0 Å². The molecule has 0 radical (unpaired) electrons. The fourth-order valence-corrected chi connectivity index (χ4v) is 0.123. The van der Waals surface area contributed by atoms with Gasteiger partial charge in [-0.3, -0.25) is 4.79 Å². The van der Waals surface area contributed by atoms with Gasteiger partial charge >= 0.3 is 5.97 Å². The zero-order valence-electron chi connectivity index (χ0n) is 3.66. The van der Waals surface area contributed by atoms with Gasteiger partial charge in [0.25, 0.3) is 0 Å². The topological polar surface area (TPSA) is 63.3 Å². The second-order valence-electron chi connectivity index (χ2n) is 0.932. The molecule has 3 nitrogen and oxygen atoms in total. The van der Waals surface area contributed by atoms with E-state index in [9.17, 15) is 4.79 Å². The predicted molar refractivity (Wildman–Crippen MR) is 21.3 cm³/mol. The smallest absolute Gasteiger partial charge is 0.304 e. The maximum atomic E-state index is 9.52. The van der Waals surface area contributed by atoms with Crippen molar-refractivity contribution in [2.24, 2.45) is 5.73 Å². The summed E-state index contributed by atoms with van der Waals surface area (Å²) in [5.41, 5.74) is 4.85. The van der Waals surface area contributed by atoms with Gasteiger partial charge in [0.15, 0.2) is 0 Å². The van der Waals surface area contributed by atoms with Crippen molar-refractivity contribution >= 4 is 5.97 Å². The van der Waals surface area contributed by atoms with Crippen LogP contribution in [0.2, 0.25) is 0 Å². The monoisotopic (exact) mass is 195 g/mol. The molecule has 0 saturated heterocycles. The normalized spacial score (nSPS) is 7.00. The van der Waals surface area contributed by atoms with Gasteiger partial charge in [-0.25, -0.2) is 0 Å². The molecule has 3 N–H and O–H groups in total. The molecule has 0 rings (SSSR count). The van der Waals surface area contributed by atoms with Crippen molar-refractivity contribution in [1.82, 2.24) is 0 Å². The first-order valence-electron chi connectivity index (χ1n) is 1.69. The van der Waals surface area contributed by atoms with Gasteiger partial charge < -0.3 is 10.8 Å². The van der Waals surface area contributed by atoms with Crippen LogP contribution in [0.3, 0.4) is 0 Å². The van der Waals surface area contributed by atoms with E-state index in [1.807, 2.05) is 0 Å². The minimum Gasteiger partial charge on any atom is -0.481 e. The van der Waals surface area contributed by atoms with E-state index in [0.29, 0.717) is 0 Å². The minimum atomic E-state index is -0.836. The van der Waals surface area contributed by atoms with Crippen LogP contribution >= 0.6 is 0 Å². The molecule has 0 atom stereocenters. The summed E-state index contributed by atoms with van der Waals surface area (Å²) < 4.78 is 0. The molecule has 0 aliphatic carbocycles. The predicted octanol–water partition coefficient (Wildman–Crippen LogP) is -0.583. The molecule has 0 heterocycles. The van der Waals surface area contributed by atoms with Crippen molar-refractivity contribution in [3.63, 3.8) is 0 Å². The molecule has 4 heteroatoms. The number of carboxylic acids is 1. The standard InChI is InChI=1S/C3H7NO2.Pd/c4-2-1-3(5)6;/h1-2,4H2,(H,5,6);. The van der Waals surface area contributed by atoms with E-state index in [1.165, 1.54) is 0 Å². The van der Waals surface area contributed by atoms with Gasteiger partial charge in [-0.2, -0.15) is 0 Å². The van der Waals surface area contributed by atoms with Gasteiger partial charge in [0.2, 0.25) is 0 Å². The molecule has 0 bridgehead atoms. The Hall–Kier alpha value is 0.0923. The van der Waals surface area contributed by atoms with Crippen molar-refractivity contribution in [2.45, 2.75) is 6.42 Å². The number of carbonyl (C=O) groups is 1. The van der Waals surface area contributed by atoms with Gasteiger partial charge in [-0.15, -0.1) is 0 Å². The van der Waals surface area contributed by atoms with Crippen molar-refractivity contribution in [3.05, 3.63) is 0 Å². The summed E-state index contributed by atoms with van der Waals surface area (Å²) in [6.45, 7) is 0.231. The van der Waals surface area contributed by atoms with Gasteiger partial charge in [0.1, 0.15) is 0 Å². The SMILES string of the molecule is NCCC(=O)O.[Pd]. The zero-order chi connectivity index (χ0) is 4.99. The van der Waals surface area contributed by atoms with Crippen LogP contribution < -0.4 is 5.73 Å². The zero-order valence-corrected chi connectivity index (χ0v) is 5.22. The maximum Gasteiger partial charge on any atom is 0.304 e. The third-order valence-corrected chi connectivity index (χ3v) is 0.358. The third kappa shape index (κ3) is 10.7. The number of hydrogen-bond acceptors (Lipinski definition) is 2. The average molecular weight is 196 g/mol. The molecular weight excluding hydrogens is 188 g/mol. The molecule has 46 valence electrons. The van der Waals surface area contributed by atoms with E-state index in [2.05, 4.69) is 0 Å². The molecule has 0 aromatic carbocycles. The number of nitrogens with two attached hydrogens (primary N) is 1. The second kappa shape index (κ2) is 6.09. The minimum absolute atomic E-state index is 0. The Morgan fingerprint density at radius 3 is 2.14 bits per heavy atom. The molecule has 0 saturated carbocycles. The third-order valence-electron chi connectivity index (χ3n) is 0.358. The molecule has 0 amide bonds. The van der Waals surface area contributed by atoms with Crippen LogP contribution in [0.4, 0.5) is 0 Å². The van der Waals surface area contributed by atoms with Gasteiger partial charge in [-0.1, -0.05) is 0 Å². The van der Waals surface area contributed by atoms with Crippen LogP contribution in [0, 0.1) is 0 Å². The molecule has 0 aromatic heterocycles. The fraction of sp³-hybridized carbons (Fsp3) is 0.667. The van der Waals surface area contributed by atoms with E-state index in [1.54, 1.807) is 0 Å². The Morgan fingerprint density at radius 2 is 2.14 bits per heavy atom. The van der Waals surface area contributed by atoms with Gasteiger partial charge in [-0.05, 0) is 0 Å². The summed E-state index contributed by atoms with van der Waals surface area (Å²) in [6, 6.07) is 0. The summed E-state index contributed by atoms with van der Waals surface area (Å²) in [5, 5.41) is 7.83. The first-order valence-corrected chi connectivity index (χ1v) is 1.69. The molecule has 0 aliphatic rings. The number of carboxylic acid groups (broad SMARTS) is 1. The Bertz CT molecular complexity index is 56.9.